The minimum atomic E-state index is -0.917. The van der Waals surface area contributed by atoms with Crippen molar-refractivity contribution < 1.29 is 28.6 Å². The van der Waals surface area contributed by atoms with E-state index in [1.807, 2.05) is 6.92 Å². The number of carbonyl (C=O) groups is 3. The van der Waals surface area contributed by atoms with Gasteiger partial charge in [0.15, 0.2) is 6.10 Å². The van der Waals surface area contributed by atoms with E-state index in [1.165, 1.54) is 20.8 Å². The molecule has 0 aliphatic heterocycles. The van der Waals surface area contributed by atoms with Crippen LogP contribution in [0.5, 0.6) is 0 Å². The Kier molecular flexibility index (Phi) is 7.15. The molecule has 4 atom stereocenters. The van der Waals surface area contributed by atoms with E-state index in [2.05, 4.69) is 19.7 Å². The highest BCUT2D eigenvalue weighted by Crippen LogP contribution is 2.32. The van der Waals surface area contributed by atoms with Crippen LogP contribution in [0, 0.1) is 5.92 Å². The zero-order valence-electron chi connectivity index (χ0n) is 15.3. The maximum Gasteiger partial charge on any atom is 0.333 e. The average molecular weight is 350 g/mol. The number of rotatable bonds is 6. The predicted octanol–water partition coefficient (Wildman–Crippen LogP) is 2.88. The number of hydrogen-bond acceptors (Lipinski definition) is 6. The SMILES string of the molecule is C=C(C)C(=O)O[C@H]1[C@H](OC(=O)C(=C)C)C(C)CC[C@H]1OC(=O)C(=C)C. The zero-order valence-corrected chi connectivity index (χ0v) is 15.3. The maximum atomic E-state index is 12.0. The first-order valence-corrected chi connectivity index (χ1v) is 8.14. The highest BCUT2D eigenvalue weighted by atomic mass is 16.6. The fourth-order valence-electron chi connectivity index (χ4n) is 2.43. The third-order valence-electron chi connectivity index (χ3n) is 3.95. The molecule has 6 heteroatoms. The third-order valence-corrected chi connectivity index (χ3v) is 3.95. The molecule has 0 aromatic rings. The molecule has 0 bridgehead atoms. The first kappa shape index (κ1) is 20.7. The molecule has 0 amide bonds. The van der Waals surface area contributed by atoms with E-state index in [9.17, 15) is 14.4 Å². The monoisotopic (exact) mass is 350 g/mol. The molecule has 1 aliphatic carbocycles. The Hall–Kier alpha value is -2.37. The minimum absolute atomic E-state index is 0.0778. The van der Waals surface area contributed by atoms with E-state index < -0.39 is 36.2 Å². The fourth-order valence-corrected chi connectivity index (χ4v) is 2.43. The van der Waals surface area contributed by atoms with Crippen molar-refractivity contribution in [1.29, 1.82) is 0 Å². The van der Waals surface area contributed by atoms with Gasteiger partial charge in [0.2, 0.25) is 0 Å². The van der Waals surface area contributed by atoms with Crippen molar-refractivity contribution in [3.05, 3.63) is 36.5 Å². The van der Waals surface area contributed by atoms with Crippen LogP contribution >= 0.6 is 0 Å². The Balaban J connectivity index is 3.09. The minimum Gasteiger partial charge on any atom is -0.455 e. The molecule has 1 unspecified atom stereocenters. The van der Waals surface area contributed by atoms with Crippen LogP contribution in [0.4, 0.5) is 0 Å². The lowest BCUT2D eigenvalue weighted by molar-refractivity contribution is -0.193. The van der Waals surface area contributed by atoms with Crippen molar-refractivity contribution in [3.8, 4) is 0 Å². The van der Waals surface area contributed by atoms with Crippen molar-refractivity contribution in [1.82, 2.24) is 0 Å². The van der Waals surface area contributed by atoms with Gasteiger partial charge in [-0.2, -0.15) is 0 Å². The predicted molar refractivity (Wildman–Crippen MR) is 92.5 cm³/mol. The molecule has 0 N–H and O–H groups in total. The van der Waals surface area contributed by atoms with Crippen molar-refractivity contribution >= 4 is 17.9 Å². The normalized spacial score (nSPS) is 25.4. The van der Waals surface area contributed by atoms with Crippen LogP contribution in [0.25, 0.3) is 0 Å². The summed E-state index contributed by atoms with van der Waals surface area (Å²) in [6.45, 7) is 17.1. The van der Waals surface area contributed by atoms with Crippen LogP contribution in [-0.2, 0) is 28.6 Å². The molecule has 6 nitrogen and oxygen atoms in total. The fraction of sp³-hybridized carbons (Fsp3) is 0.526. The van der Waals surface area contributed by atoms with Gasteiger partial charge in [0.05, 0.1) is 0 Å². The summed E-state index contributed by atoms with van der Waals surface area (Å²) in [5.41, 5.74) is 0.672. The molecule has 0 aromatic heterocycles. The lowest BCUT2D eigenvalue weighted by Gasteiger charge is -2.39. The van der Waals surface area contributed by atoms with Crippen LogP contribution in [-0.4, -0.2) is 36.2 Å². The second-order valence-corrected chi connectivity index (χ2v) is 6.58. The topological polar surface area (TPSA) is 78.9 Å². The van der Waals surface area contributed by atoms with Gasteiger partial charge >= 0.3 is 17.9 Å². The Morgan fingerprint density at radius 1 is 0.720 bits per heavy atom. The number of esters is 3. The summed E-state index contributed by atoms with van der Waals surface area (Å²) in [4.78, 5) is 35.9. The van der Waals surface area contributed by atoms with Gasteiger partial charge in [0.25, 0.3) is 0 Å². The summed E-state index contributed by atoms with van der Waals surface area (Å²) in [5, 5.41) is 0. The van der Waals surface area contributed by atoms with Crippen LogP contribution in [0.2, 0.25) is 0 Å². The molecular weight excluding hydrogens is 324 g/mol. The molecule has 1 rings (SSSR count). The molecule has 25 heavy (non-hydrogen) atoms. The molecule has 1 aliphatic rings. The van der Waals surface area contributed by atoms with E-state index in [0.29, 0.717) is 12.8 Å². The smallest absolute Gasteiger partial charge is 0.333 e. The Morgan fingerprint density at radius 3 is 1.56 bits per heavy atom. The summed E-state index contributed by atoms with van der Waals surface area (Å²) in [6, 6.07) is 0. The summed E-state index contributed by atoms with van der Waals surface area (Å²) < 4.78 is 16.3. The van der Waals surface area contributed by atoms with Crippen LogP contribution in [0.1, 0.15) is 40.5 Å². The zero-order chi connectivity index (χ0) is 19.3. The molecule has 0 radical (unpaired) electrons. The Labute approximate surface area is 148 Å². The highest BCUT2D eigenvalue weighted by molar-refractivity contribution is 5.88. The largest absolute Gasteiger partial charge is 0.455 e. The molecule has 0 heterocycles. The van der Waals surface area contributed by atoms with Gasteiger partial charge in [0.1, 0.15) is 12.2 Å². The van der Waals surface area contributed by atoms with Crippen LogP contribution < -0.4 is 0 Å². The van der Waals surface area contributed by atoms with E-state index in [0.717, 1.165) is 0 Å². The Bertz CT molecular complexity index is 603. The molecular formula is C19H26O6. The first-order valence-electron chi connectivity index (χ1n) is 8.14. The van der Waals surface area contributed by atoms with Gasteiger partial charge in [-0.15, -0.1) is 0 Å². The summed E-state index contributed by atoms with van der Waals surface area (Å²) in [7, 11) is 0. The molecule has 0 aromatic carbocycles. The van der Waals surface area contributed by atoms with Gasteiger partial charge in [-0.05, 0) is 39.5 Å². The quantitative estimate of drug-likeness (QED) is 0.416. The van der Waals surface area contributed by atoms with E-state index in [-0.39, 0.29) is 22.6 Å². The van der Waals surface area contributed by atoms with Crippen molar-refractivity contribution in [2.45, 2.75) is 58.8 Å². The highest BCUT2D eigenvalue weighted by Gasteiger charge is 2.44. The number of carbonyl (C=O) groups excluding carboxylic acids is 3. The van der Waals surface area contributed by atoms with Gasteiger partial charge in [-0.3, -0.25) is 0 Å². The van der Waals surface area contributed by atoms with Gasteiger partial charge < -0.3 is 14.2 Å². The number of ether oxygens (including phenoxy) is 3. The lowest BCUT2D eigenvalue weighted by atomic mass is 9.83. The van der Waals surface area contributed by atoms with Gasteiger partial charge in [0, 0.05) is 16.7 Å². The van der Waals surface area contributed by atoms with E-state index >= 15 is 0 Å². The van der Waals surface area contributed by atoms with Crippen molar-refractivity contribution in [3.63, 3.8) is 0 Å². The molecule has 1 saturated carbocycles. The first-order chi connectivity index (χ1) is 11.5. The second-order valence-electron chi connectivity index (χ2n) is 6.58. The lowest BCUT2D eigenvalue weighted by Crippen LogP contribution is -2.52. The van der Waals surface area contributed by atoms with Crippen molar-refractivity contribution in [2.24, 2.45) is 5.92 Å². The molecule has 0 saturated heterocycles. The van der Waals surface area contributed by atoms with Gasteiger partial charge in [-0.25, -0.2) is 14.4 Å². The van der Waals surface area contributed by atoms with Gasteiger partial charge in [-0.1, -0.05) is 26.7 Å². The van der Waals surface area contributed by atoms with Crippen LogP contribution in [0.3, 0.4) is 0 Å². The molecule has 138 valence electrons. The molecule has 1 fully saturated rings. The van der Waals surface area contributed by atoms with Crippen molar-refractivity contribution in [2.75, 3.05) is 0 Å². The third kappa shape index (κ3) is 5.59. The van der Waals surface area contributed by atoms with E-state index in [4.69, 9.17) is 14.2 Å². The summed E-state index contributed by atoms with van der Waals surface area (Å²) in [5.74, 6) is -1.88. The summed E-state index contributed by atoms with van der Waals surface area (Å²) >= 11 is 0. The number of hydrogen-bond donors (Lipinski definition) is 0. The summed E-state index contributed by atoms with van der Waals surface area (Å²) in [6.07, 6.45) is -1.27. The maximum absolute atomic E-state index is 12.0. The second kappa shape index (κ2) is 8.65. The van der Waals surface area contributed by atoms with E-state index in [1.54, 1.807) is 0 Å². The standard InChI is InChI=1S/C19H26O6/c1-10(2)17(20)23-14-9-8-13(7)15(24-18(21)11(3)4)16(14)25-19(22)12(5)6/h13-16H,1,3,5,8-9H2,2,4,6-7H3/t13?,14-,15-,16-/m1/s1. The molecule has 0 spiro atoms. The van der Waals surface area contributed by atoms with Crippen LogP contribution in [0.15, 0.2) is 36.5 Å². The average Bonchev–Trinajstić information content (AvgIpc) is 2.52. The Morgan fingerprint density at radius 2 is 1.12 bits per heavy atom.